The van der Waals surface area contributed by atoms with Crippen molar-refractivity contribution in [1.29, 1.82) is 0 Å². The van der Waals surface area contributed by atoms with Gasteiger partial charge < -0.3 is 19.2 Å². The third-order valence-corrected chi connectivity index (χ3v) is 3.76. The van der Waals surface area contributed by atoms with Gasteiger partial charge in [0.1, 0.15) is 17.9 Å². The molecule has 0 unspecified atom stereocenters. The highest BCUT2D eigenvalue weighted by atomic mass is 16.5. The van der Waals surface area contributed by atoms with Gasteiger partial charge in [-0.25, -0.2) is 9.78 Å². The van der Waals surface area contributed by atoms with Crippen LogP contribution in [0.2, 0.25) is 0 Å². The number of anilines is 1. The molecule has 2 aromatic heterocycles. The maximum absolute atomic E-state index is 12.4. The van der Waals surface area contributed by atoms with E-state index in [2.05, 4.69) is 10.3 Å². The highest BCUT2D eigenvalue weighted by molar-refractivity contribution is 6.04. The first-order valence-electron chi connectivity index (χ1n) is 8.89. The van der Waals surface area contributed by atoms with Gasteiger partial charge >= 0.3 is 5.63 Å². The largest absolute Gasteiger partial charge is 0.475 e. The summed E-state index contributed by atoms with van der Waals surface area (Å²) in [7, 11) is 0. The van der Waals surface area contributed by atoms with Crippen LogP contribution in [-0.2, 0) is 4.74 Å². The minimum atomic E-state index is -0.612. The van der Waals surface area contributed by atoms with Crippen LogP contribution in [0.25, 0.3) is 11.0 Å². The van der Waals surface area contributed by atoms with E-state index in [9.17, 15) is 9.59 Å². The summed E-state index contributed by atoms with van der Waals surface area (Å²) in [5.41, 5.74) is -0.00842. The quantitative estimate of drug-likeness (QED) is 0.517. The number of pyridine rings is 1. The molecule has 1 aromatic carbocycles. The summed E-state index contributed by atoms with van der Waals surface area (Å²) < 4.78 is 16.3. The summed E-state index contributed by atoms with van der Waals surface area (Å²) in [6.45, 7) is 6.69. The molecule has 28 heavy (non-hydrogen) atoms. The predicted octanol–water partition coefficient (Wildman–Crippen LogP) is 3.63. The van der Waals surface area contributed by atoms with Crippen molar-refractivity contribution in [2.45, 2.75) is 26.4 Å². The van der Waals surface area contributed by atoms with Gasteiger partial charge in [0.2, 0.25) is 5.88 Å². The van der Waals surface area contributed by atoms with Gasteiger partial charge in [0.05, 0.1) is 17.8 Å². The maximum Gasteiger partial charge on any atom is 0.360 e. The number of nitrogens with one attached hydrogen (secondary N) is 1. The number of hydrogen-bond donors (Lipinski definition) is 1. The third kappa shape index (κ3) is 5.17. The zero-order valence-corrected chi connectivity index (χ0v) is 16.0. The van der Waals surface area contributed by atoms with Crippen LogP contribution in [0.1, 0.15) is 31.1 Å². The van der Waals surface area contributed by atoms with Crippen molar-refractivity contribution in [1.82, 2.24) is 4.98 Å². The molecule has 1 amide bonds. The number of aromatic nitrogens is 1. The third-order valence-electron chi connectivity index (χ3n) is 3.76. The van der Waals surface area contributed by atoms with Gasteiger partial charge in [-0.05, 0) is 39.0 Å². The number of benzene rings is 1. The van der Waals surface area contributed by atoms with Crippen LogP contribution in [0.15, 0.2) is 57.9 Å². The first kappa shape index (κ1) is 19.6. The summed E-state index contributed by atoms with van der Waals surface area (Å²) in [6.07, 6.45) is 1.39. The fourth-order valence-electron chi connectivity index (χ4n) is 2.44. The van der Waals surface area contributed by atoms with Gasteiger partial charge in [-0.15, -0.1) is 0 Å². The Balaban J connectivity index is 1.62. The monoisotopic (exact) mass is 382 g/mol. The number of carbonyl (C=O) groups is 1. The number of hydrogen-bond acceptors (Lipinski definition) is 6. The Morgan fingerprint density at radius 1 is 1.14 bits per heavy atom. The molecule has 0 spiro atoms. The molecule has 0 aliphatic carbocycles. The summed E-state index contributed by atoms with van der Waals surface area (Å²) in [5, 5.41) is 3.28. The van der Waals surface area contributed by atoms with Crippen molar-refractivity contribution >= 4 is 22.6 Å². The Kier molecular flexibility index (Phi) is 5.75. The molecule has 3 rings (SSSR count). The summed E-state index contributed by atoms with van der Waals surface area (Å²) >= 11 is 0. The average molecular weight is 382 g/mol. The normalized spacial score (nSPS) is 11.4. The zero-order chi connectivity index (χ0) is 20.1. The van der Waals surface area contributed by atoms with E-state index in [1.165, 1.54) is 6.20 Å². The topological polar surface area (TPSA) is 90.7 Å². The van der Waals surface area contributed by atoms with Gasteiger partial charge in [0.25, 0.3) is 5.91 Å². The lowest BCUT2D eigenvalue weighted by molar-refractivity contribution is -0.0168. The molecule has 146 valence electrons. The smallest absolute Gasteiger partial charge is 0.360 e. The Labute approximate surface area is 162 Å². The summed E-state index contributed by atoms with van der Waals surface area (Å²) in [6, 6.07) is 11.8. The molecule has 0 fully saturated rings. The molecule has 7 heteroatoms. The summed E-state index contributed by atoms with van der Waals surface area (Å²) in [4.78, 5) is 28.5. The van der Waals surface area contributed by atoms with Crippen LogP contribution in [-0.4, -0.2) is 29.7 Å². The average Bonchev–Trinajstić information content (AvgIpc) is 2.65. The van der Waals surface area contributed by atoms with Crippen LogP contribution >= 0.6 is 0 Å². The number of nitrogens with zero attached hydrogens (tertiary/aromatic N) is 1. The SMILES string of the molecule is CC(C)(C)OCCOc1ccc(C(=O)Nc2cc3ccccc3oc2=O)cn1. The molecule has 0 saturated heterocycles. The second-order valence-corrected chi connectivity index (χ2v) is 7.13. The fourth-order valence-corrected chi connectivity index (χ4v) is 2.44. The van der Waals surface area contributed by atoms with Crippen LogP contribution in [0.4, 0.5) is 5.69 Å². The Bertz CT molecular complexity index is 1020. The Morgan fingerprint density at radius 3 is 2.64 bits per heavy atom. The lowest BCUT2D eigenvalue weighted by Gasteiger charge is -2.19. The molecule has 3 aromatic rings. The van der Waals surface area contributed by atoms with Crippen molar-refractivity contribution in [2.24, 2.45) is 0 Å². The molecule has 1 N–H and O–H groups in total. The molecule has 2 heterocycles. The highest BCUT2D eigenvalue weighted by Gasteiger charge is 2.12. The van der Waals surface area contributed by atoms with Gasteiger partial charge in [-0.1, -0.05) is 18.2 Å². The zero-order valence-electron chi connectivity index (χ0n) is 16.0. The van der Waals surface area contributed by atoms with E-state index in [1.807, 2.05) is 26.8 Å². The van der Waals surface area contributed by atoms with Crippen molar-refractivity contribution in [3.8, 4) is 5.88 Å². The molecular weight excluding hydrogens is 360 g/mol. The Hall–Kier alpha value is -3.19. The number of para-hydroxylation sites is 1. The fraction of sp³-hybridized carbons (Fsp3) is 0.286. The van der Waals surface area contributed by atoms with Crippen molar-refractivity contribution < 1.29 is 18.7 Å². The molecule has 0 saturated carbocycles. The second-order valence-electron chi connectivity index (χ2n) is 7.13. The minimum Gasteiger partial charge on any atom is -0.475 e. The molecule has 0 aliphatic heterocycles. The molecule has 7 nitrogen and oxygen atoms in total. The van der Waals surface area contributed by atoms with Crippen LogP contribution in [0.5, 0.6) is 5.88 Å². The molecule has 0 bridgehead atoms. The molecule has 0 radical (unpaired) electrons. The highest BCUT2D eigenvalue weighted by Crippen LogP contribution is 2.16. The van der Waals surface area contributed by atoms with E-state index < -0.39 is 11.5 Å². The van der Waals surface area contributed by atoms with Crippen LogP contribution < -0.4 is 15.7 Å². The van der Waals surface area contributed by atoms with E-state index >= 15 is 0 Å². The first-order chi connectivity index (χ1) is 13.3. The predicted molar refractivity (Wildman–Crippen MR) is 106 cm³/mol. The van der Waals surface area contributed by atoms with Crippen molar-refractivity contribution in [2.75, 3.05) is 18.5 Å². The van der Waals surface area contributed by atoms with E-state index in [0.29, 0.717) is 30.2 Å². The van der Waals surface area contributed by atoms with E-state index in [0.717, 1.165) is 5.39 Å². The van der Waals surface area contributed by atoms with E-state index in [1.54, 1.807) is 36.4 Å². The van der Waals surface area contributed by atoms with Crippen molar-refractivity contribution in [3.63, 3.8) is 0 Å². The lowest BCUT2D eigenvalue weighted by atomic mass is 10.2. The number of ether oxygens (including phenoxy) is 2. The summed E-state index contributed by atoms with van der Waals surface area (Å²) in [5.74, 6) is -0.0722. The number of rotatable bonds is 6. The minimum absolute atomic E-state index is 0.0726. The lowest BCUT2D eigenvalue weighted by Crippen LogP contribution is -2.22. The Morgan fingerprint density at radius 2 is 1.93 bits per heavy atom. The standard InChI is InChI=1S/C21H22N2O5/c1-21(2,3)27-11-10-26-18-9-8-15(13-22-18)19(24)23-16-12-14-6-4-5-7-17(14)28-20(16)25/h4-9,12-13H,10-11H2,1-3H3,(H,23,24). The van der Waals surface area contributed by atoms with Crippen LogP contribution in [0, 0.1) is 0 Å². The van der Waals surface area contributed by atoms with Gasteiger partial charge in [-0.2, -0.15) is 0 Å². The number of carbonyl (C=O) groups excluding carboxylic acids is 1. The maximum atomic E-state index is 12.4. The molecular formula is C21H22N2O5. The molecule has 0 atom stereocenters. The van der Waals surface area contributed by atoms with E-state index in [4.69, 9.17) is 13.9 Å². The first-order valence-corrected chi connectivity index (χ1v) is 8.89. The van der Waals surface area contributed by atoms with Crippen molar-refractivity contribution in [3.05, 3.63) is 64.6 Å². The number of amides is 1. The van der Waals surface area contributed by atoms with E-state index in [-0.39, 0.29) is 11.3 Å². The second kappa shape index (κ2) is 8.22. The van der Waals surface area contributed by atoms with Gasteiger partial charge in [0.15, 0.2) is 0 Å². The van der Waals surface area contributed by atoms with Crippen LogP contribution in [0.3, 0.4) is 0 Å². The van der Waals surface area contributed by atoms with Gasteiger partial charge in [-0.3, -0.25) is 4.79 Å². The number of fused-ring (bicyclic) bond motifs is 1. The molecule has 0 aliphatic rings. The van der Waals surface area contributed by atoms with Gasteiger partial charge in [0, 0.05) is 17.6 Å².